The Kier molecular flexibility index (Phi) is 3.83. The van der Waals surface area contributed by atoms with E-state index in [4.69, 9.17) is 5.11 Å². The molecule has 2 N–H and O–H groups in total. The molecule has 1 rings (SSSR count). The zero-order valence-corrected chi connectivity index (χ0v) is 11.6. The Hall–Kier alpha value is -2.12. The van der Waals surface area contributed by atoms with Crippen molar-refractivity contribution in [2.45, 2.75) is 39.2 Å². The van der Waals surface area contributed by atoms with Crippen molar-refractivity contribution in [2.24, 2.45) is 7.05 Å². The van der Waals surface area contributed by atoms with E-state index in [0.29, 0.717) is 5.69 Å². The summed E-state index contributed by atoms with van der Waals surface area (Å²) < 4.78 is 1.30. The van der Waals surface area contributed by atoms with Crippen LogP contribution in [0.5, 0.6) is 0 Å². The molecule has 0 spiro atoms. The summed E-state index contributed by atoms with van der Waals surface area (Å²) in [6, 6.07) is 0. The first-order valence-corrected chi connectivity index (χ1v) is 5.80. The van der Waals surface area contributed by atoms with E-state index in [2.05, 4.69) is 10.4 Å². The second-order valence-electron chi connectivity index (χ2n) is 5.17. The monoisotopic (exact) mass is 270 g/mol. The van der Waals surface area contributed by atoms with Gasteiger partial charge in [0.15, 0.2) is 0 Å². The van der Waals surface area contributed by atoms with E-state index in [9.17, 15) is 14.9 Å². The van der Waals surface area contributed by atoms with Gasteiger partial charge in [0.25, 0.3) is 0 Å². The number of rotatable bonds is 5. The minimum absolute atomic E-state index is 0.0982. The highest BCUT2D eigenvalue weighted by Crippen LogP contribution is 2.34. The Morgan fingerprint density at radius 2 is 2.05 bits per heavy atom. The highest BCUT2D eigenvalue weighted by molar-refractivity contribution is 5.82. The maximum atomic E-state index is 11.2. The van der Waals surface area contributed by atoms with E-state index in [1.165, 1.54) is 18.5 Å². The zero-order valence-electron chi connectivity index (χ0n) is 11.6. The van der Waals surface area contributed by atoms with Crippen LogP contribution in [0.3, 0.4) is 0 Å². The molecule has 0 fully saturated rings. The number of hydrogen-bond donors (Lipinski definition) is 2. The lowest BCUT2D eigenvalue weighted by Gasteiger charge is -2.21. The number of carboxylic acid groups (broad SMARTS) is 1. The fourth-order valence-electron chi connectivity index (χ4n) is 1.59. The van der Waals surface area contributed by atoms with E-state index in [1.54, 1.807) is 20.9 Å². The molecule has 8 heteroatoms. The van der Waals surface area contributed by atoms with Crippen LogP contribution in [0.4, 0.5) is 11.5 Å². The van der Waals surface area contributed by atoms with Crippen LogP contribution in [0.25, 0.3) is 0 Å². The van der Waals surface area contributed by atoms with Gasteiger partial charge < -0.3 is 10.4 Å². The molecule has 0 aliphatic heterocycles. The number of nitrogens with zero attached hydrogens (tertiary/aromatic N) is 3. The molecule has 0 radical (unpaired) electrons. The van der Waals surface area contributed by atoms with Gasteiger partial charge in [-0.1, -0.05) is 13.8 Å². The molecular weight excluding hydrogens is 252 g/mol. The van der Waals surface area contributed by atoms with Gasteiger partial charge in [0.1, 0.15) is 11.2 Å². The van der Waals surface area contributed by atoms with E-state index in [-0.39, 0.29) is 17.4 Å². The Bertz CT molecular complexity index is 519. The van der Waals surface area contributed by atoms with Gasteiger partial charge in [0, 0.05) is 13.0 Å². The number of carboxylic acids is 1. The number of aryl methyl sites for hydroxylation is 1. The molecule has 1 aromatic rings. The van der Waals surface area contributed by atoms with Crippen LogP contribution in [0.15, 0.2) is 0 Å². The molecule has 0 aliphatic rings. The van der Waals surface area contributed by atoms with E-state index >= 15 is 0 Å². The van der Waals surface area contributed by atoms with Crippen molar-refractivity contribution in [3.8, 4) is 0 Å². The number of nitrogens with one attached hydrogen (secondary N) is 1. The second-order valence-corrected chi connectivity index (χ2v) is 5.17. The summed E-state index contributed by atoms with van der Waals surface area (Å²) in [5.74, 6) is -1.13. The van der Waals surface area contributed by atoms with Crippen LogP contribution in [0.1, 0.15) is 39.3 Å². The highest BCUT2D eigenvalue weighted by Gasteiger charge is 2.35. The molecule has 8 nitrogen and oxygen atoms in total. The zero-order chi connectivity index (χ0) is 15.0. The van der Waals surface area contributed by atoms with Crippen LogP contribution in [0.2, 0.25) is 0 Å². The average molecular weight is 270 g/mol. The molecule has 1 heterocycles. The molecule has 0 bridgehead atoms. The van der Waals surface area contributed by atoms with Crippen molar-refractivity contribution in [1.82, 2.24) is 9.78 Å². The SMILES string of the molecule is CC(C)c1nn(C)c(NC(C)(C)C(=O)O)c1[N+](=O)[O-]. The molecule has 19 heavy (non-hydrogen) atoms. The summed E-state index contributed by atoms with van der Waals surface area (Å²) >= 11 is 0. The van der Waals surface area contributed by atoms with Crippen molar-refractivity contribution in [3.05, 3.63) is 15.8 Å². The largest absolute Gasteiger partial charge is 0.480 e. The summed E-state index contributed by atoms with van der Waals surface area (Å²) in [4.78, 5) is 21.7. The maximum Gasteiger partial charge on any atom is 0.334 e. The highest BCUT2D eigenvalue weighted by atomic mass is 16.6. The van der Waals surface area contributed by atoms with Gasteiger partial charge >= 0.3 is 11.7 Å². The van der Waals surface area contributed by atoms with Gasteiger partial charge in [-0.25, -0.2) is 9.48 Å². The number of anilines is 1. The first-order valence-electron chi connectivity index (χ1n) is 5.80. The predicted octanol–water partition coefficient (Wildman–Crippen LogP) is 1.73. The number of carbonyl (C=O) groups is 1. The Labute approximate surface area is 110 Å². The summed E-state index contributed by atoms with van der Waals surface area (Å²) in [5, 5.41) is 27.0. The minimum atomic E-state index is -1.33. The minimum Gasteiger partial charge on any atom is -0.480 e. The lowest BCUT2D eigenvalue weighted by molar-refractivity contribution is -0.384. The first kappa shape index (κ1) is 14.9. The standard InChI is InChI=1S/C11H18N4O4/c1-6(2)7-8(15(18)19)9(14(5)13-7)12-11(3,4)10(16)17/h6,12H,1-5H3,(H,16,17). The average Bonchev–Trinajstić information content (AvgIpc) is 2.55. The van der Waals surface area contributed by atoms with Gasteiger partial charge in [0.05, 0.1) is 4.92 Å². The molecule has 0 saturated heterocycles. The van der Waals surface area contributed by atoms with Crippen molar-refractivity contribution in [1.29, 1.82) is 0 Å². The lowest BCUT2D eigenvalue weighted by Crippen LogP contribution is -2.40. The number of hydrogen-bond acceptors (Lipinski definition) is 5. The molecular formula is C11H18N4O4. The van der Waals surface area contributed by atoms with Gasteiger partial charge in [-0.3, -0.25) is 10.1 Å². The smallest absolute Gasteiger partial charge is 0.334 e. The van der Waals surface area contributed by atoms with Gasteiger partial charge in [-0.05, 0) is 13.8 Å². The van der Waals surface area contributed by atoms with Crippen LogP contribution < -0.4 is 5.32 Å². The summed E-state index contributed by atoms with van der Waals surface area (Å²) in [6.45, 7) is 6.45. The van der Waals surface area contributed by atoms with E-state index in [0.717, 1.165) is 0 Å². The van der Waals surface area contributed by atoms with E-state index in [1.807, 2.05) is 0 Å². The van der Waals surface area contributed by atoms with Crippen molar-refractivity contribution >= 4 is 17.5 Å². The first-order chi connectivity index (χ1) is 8.58. The molecule has 0 amide bonds. The Morgan fingerprint density at radius 1 is 1.53 bits per heavy atom. The van der Waals surface area contributed by atoms with Crippen LogP contribution in [0, 0.1) is 10.1 Å². The van der Waals surface area contributed by atoms with Crippen LogP contribution in [-0.2, 0) is 11.8 Å². The van der Waals surface area contributed by atoms with Gasteiger partial charge in [-0.15, -0.1) is 0 Å². The molecule has 106 valence electrons. The normalized spacial score (nSPS) is 11.7. The fraction of sp³-hybridized carbons (Fsp3) is 0.636. The summed E-state index contributed by atoms with van der Waals surface area (Å²) in [7, 11) is 1.54. The number of aliphatic carboxylic acids is 1. The number of nitro groups is 1. The van der Waals surface area contributed by atoms with Crippen LogP contribution in [-0.4, -0.2) is 31.3 Å². The van der Waals surface area contributed by atoms with E-state index < -0.39 is 16.4 Å². The van der Waals surface area contributed by atoms with Gasteiger partial charge in [-0.2, -0.15) is 5.10 Å². The van der Waals surface area contributed by atoms with Gasteiger partial charge in [0.2, 0.25) is 5.82 Å². The Balaban J connectivity index is 3.35. The third kappa shape index (κ3) is 2.83. The third-order valence-corrected chi connectivity index (χ3v) is 2.74. The number of aromatic nitrogens is 2. The van der Waals surface area contributed by atoms with Crippen LogP contribution >= 0.6 is 0 Å². The second kappa shape index (κ2) is 4.87. The molecule has 0 saturated carbocycles. The lowest BCUT2D eigenvalue weighted by atomic mass is 10.1. The third-order valence-electron chi connectivity index (χ3n) is 2.74. The molecule has 0 aliphatic carbocycles. The molecule has 0 unspecified atom stereocenters. The summed E-state index contributed by atoms with van der Waals surface area (Å²) in [6.07, 6.45) is 0. The summed E-state index contributed by atoms with van der Waals surface area (Å²) in [5.41, 5.74) is -1.17. The molecule has 0 aromatic carbocycles. The molecule has 1 aromatic heterocycles. The molecule has 0 atom stereocenters. The predicted molar refractivity (Wildman–Crippen MR) is 69.3 cm³/mol. The topological polar surface area (TPSA) is 110 Å². The quantitative estimate of drug-likeness (QED) is 0.622. The maximum absolute atomic E-state index is 11.2. The Morgan fingerprint density at radius 3 is 2.42 bits per heavy atom. The fourth-order valence-corrected chi connectivity index (χ4v) is 1.59. The van der Waals surface area contributed by atoms with Crippen molar-refractivity contribution in [2.75, 3.05) is 5.32 Å². The van der Waals surface area contributed by atoms with Crippen molar-refractivity contribution < 1.29 is 14.8 Å². The van der Waals surface area contributed by atoms with Crippen molar-refractivity contribution in [3.63, 3.8) is 0 Å².